The molecule has 1 amide bonds. The number of carboxylic acid groups (broad SMARTS) is 1. The van der Waals surface area contributed by atoms with Crippen molar-refractivity contribution in [1.82, 2.24) is 0 Å². The molecule has 1 atom stereocenters. The molecule has 0 radical (unpaired) electrons. The van der Waals surface area contributed by atoms with Gasteiger partial charge in [0.25, 0.3) is 0 Å². The lowest BCUT2D eigenvalue weighted by Gasteiger charge is -2.20. The molecule has 0 saturated heterocycles. The molecule has 1 unspecified atom stereocenters. The van der Waals surface area contributed by atoms with Gasteiger partial charge in [0.1, 0.15) is 0 Å². The van der Waals surface area contributed by atoms with Gasteiger partial charge < -0.3 is 10.4 Å². The summed E-state index contributed by atoms with van der Waals surface area (Å²) in [6, 6.07) is 6.96. The minimum Gasteiger partial charge on any atom is -0.481 e. The number of benzene rings is 1. The number of anilines is 1. The Kier molecular flexibility index (Phi) is 5.62. The SMILES string of the molecule is CSCC(C)C(=O)Nc1ccc(C(C)(C)C(=O)O)cc1. The molecule has 4 nitrogen and oxygen atoms in total. The Labute approximate surface area is 124 Å². The number of nitrogens with one attached hydrogen (secondary N) is 1. The van der Waals surface area contributed by atoms with Gasteiger partial charge in [0.15, 0.2) is 0 Å². The molecular formula is C15H21NO3S. The highest BCUT2D eigenvalue weighted by Crippen LogP contribution is 2.25. The molecule has 0 spiro atoms. The molecule has 0 fully saturated rings. The van der Waals surface area contributed by atoms with Gasteiger partial charge in [-0.05, 0) is 37.8 Å². The van der Waals surface area contributed by atoms with Gasteiger partial charge in [0.2, 0.25) is 5.91 Å². The fourth-order valence-corrected chi connectivity index (χ4v) is 2.34. The van der Waals surface area contributed by atoms with Crippen LogP contribution in [-0.2, 0) is 15.0 Å². The van der Waals surface area contributed by atoms with Gasteiger partial charge >= 0.3 is 5.97 Å². The summed E-state index contributed by atoms with van der Waals surface area (Å²) in [6.07, 6.45) is 1.96. The Bertz CT molecular complexity index is 482. The number of hydrogen-bond donors (Lipinski definition) is 2. The Balaban J connectivity index is 2.77. The molecular weight excluding hydrogens is 274 g/mol. The van der Waals surface area contributed by atoms with E-state index in [1.54, 1.807) is 49.9 Å². The number of carbonyl (C=O) groups excluding carboxylic acids is 1. The lowest BCUT2D eigenvalue weighted by molar-refractivity contribution is -0.142. The summed E-state index contributed by atoms with van der Waals surface area (Å²) in [5.41, 5.74) is 0.461. The number of carbonyl (C=O) groups is 2. The van der Waals surface area contributed by atoms with E-state index >= 15 is 0 Å². The van der Waals surface area contributed by atoms with E-state index < -0.39 is 11.4 Å². The van der Waals surface area contributed by atoms with E-state index in [0.717, 1.165) is 5.75 Å². The second-order valence-electron chi connectivity index (χ2n) is 5.35. The minimum atomic E-state index is -0.936. The van der Waals surface area contributed by atoms with Crippen LogP contribution in [0.15, 0.2) is 24.3 Å². The summed E-state index contributed by atoms with van der Waals surface area (Å²) >= 11 is 1.63. The minimum absolute atomic E-state index is 0.0235. The maximum atomic E-state index is 11.9. The van der Waals surface area contributed by atoms with E-state index in [1.807, 2.05) is 13.2 Å². The molecule has 0 bridgehead atoms. The van der Waals surface area contributed by atoms with Crippen molar-refractivity contribution in [2.45, 2.75) is 26.2 Å². The van der Waals surface area contributed by atoms with Gasteiger partial charge in [-0.25, -0.2) is 0 Å². The zero-order valence-electron chi connectivity index (χ0n) is 12.3. The first-order valence-corrected chi connectivity index (χ1v) is 7.82. The summed E-state index contributed by atoms with van der Waals surface area (Å²) < 4.78 is 0. The van der Waals surface area contributed by atoms with Crippen LogP contribution in [0.2, 0.25) is 0 Å². The maximum absolute atomic E-state index is 11.9. The highest BCUT2D eigenvalue weighted by Gasteiger charge is 2.29. The first-order chi connectivity index (χ1) is 9.28. The molecule has 0 aliphatic carbocycles. The van der Waals surface area contributed by atoms with E-state index in [0.29, 0.717) is 11.3 Å². The van der Waals surface area contributed by atoms with Gasteiger partial charge in [-0.2, -0.15) is 11.8 Å². The molecule has 5 heteroatoms. The molecule has 0 saturated carbocycles. The average molecular weight is 295 g/mol. The molecule has 2 N–H and O–H groups in total. The van der Waals surface area contributed by atoms with Crippen LogP contribution >= 0.6 is 11.8 Å². The Morgan fingerprint density at radius 3 is 2.30 bits per heavy atom. The number of hydrogen-bond acceptors (Lipinski definition) is 3. The predicted octanol–water partition coefficient (Wildman–Crippen LogP) is 2.99. The average Bonchev–Trinajstić information content (AvgIpc) is 2.39. The van der Waals surface area contributed by atoms with Crippen molar-refractivity contribution in [2.24, 2.45) is 5.92 Å². The fourth-order valence-electron chi connectivity index (χ4n) is 1.68. The summed E-state index contributed by atoms with van der Waals surface area (Å²) in [5.74, 6) is -0.178. The van der Waals surface area contributed by atoms with Gasteiger partial charge in [-0.3, -0.25) is 9.59 Å². The fraction of sp³-hybridized carbons (Fsp3) is 0.467. The van der Waals surface area contributed by atoms with Crippen LogP contribution in [-0.4, -0.2) is 29.0 Å². The summed E-state index contributed by atoms with van der Waals surface area (Å²) in [4.78, 5) is 23.0. The van der Waals surface area contributed by atoms with E-state index in [-0.39, 0.29) is 11.8 Å². The molecule has 20 heavy (non-hydrogen) atoms. The Hall–Kier alpha value is -1.49. The molecule has 1 rings (SSSR count). The normalized spacial score (nSPS) is 12.8. The van der Waals surface area contributed by atoms with Crippen LogP contribution in [0.1, 0.15) is 26.3 Å². The molecule has 0 aliphatic rings. The lowest BCUT2D eigenvalue weighted by atomic mass is 9.85. The van der Waals surface area contributed by atoms with E-state index in [9.17, 15) is 9.59 Å². The standard InChI is InChI=1S/C15H21NO3S/c1-10(9-20-4)13(17)16-12-7-5-11(6-8-12)15(2,3)14(18)19/h5-8,10H,9H2,1-4H3,(H,16,17)(H,18,19). The molecule has 0 aliphatic heterocycles. The number of amides is 1. The third-order valence-corrected chi connectivity index (χ3v) is 4.11. The highest BCUT2D eigenvalue weighted by molar-refractivity contribution is 7.98. The number of aliphatic carboxylic acids is 1. The molecule has 0 aromatic heterocycles. The van der Waals surface area contributed by atoms with Gasteiger partial charge in [0, 0.05) is 17.4 Å². The van der Waals surface area contributed by atoms with Crippen LogP contribution in [0.25, 0.3) is 0 Å². The van der Waals surface area contributed by atoms with Crippen molar-refractivity contribution in [2.75, 3.05) is 17.3 Å². The number of rotatable bonds is 6. The third kappa shape index (κ3) is 4.00. The quantitative estimate of drug-likeness (QED) is 0.846. The van der Waals surface area contributed by atoms with Gasteiger partial charge in [0.05, 0.1) is 5.41 Å². The number of thioether (sulfide) groups is 1. The van der Waals surface area contributed by atoms with E-state index in [2.05, 4.69) is 5.32 Å². The van der Waals surface area contributed by atoms with E-state index in [1.165, 1.54) is 0 Å². The molecule has 0 heterocycles. The summed E-state index contributed by atoms with van der Waals surface area (Å²) in [5, 5.41) is 12.0. The van der Waals surface area contributed by atoms with Crippen LogP contribution in [0.5, 0.6) is 0 Å². The first-order valence-electron chi connectivity index (χ1n) is 6.42. The van der Waals surface area contributed by atoms with Crippen LogP contribution in [0.3, 0.4) is 0 Å². The largest absolute Gasteiger partial charge is 0.481 e. The monoisotopic (exact) mass is 295 g/mol. The molecule has 110 valence electrons. The van der Waals surface area contributed by atoms with Crippen molar-refractivity contribution in [1.29, 1.82) is 0 Å². The molecule has 1 aromatic carbocycles. The van der Waals surface area contributed by atoms with Crippen LogP contribution in [0.4, 0.5) is 5.69 Å². The Morgan fingerprint density at radius 1 is 1.30 bits per heavy atom. The topological polar surface area (TPSA) is 66.4 Å². The van der Waals surface area contributed by atoms with Crippen LogP contribution in [0, 0.1) is 5.92 Å². The Morgan fingerprint density at radius 2 is 1.85 bits per heavy atom. The van der Waals surface area contributed by atoms with Crippen molar-refractivity contribution >= 4 is 29.3 Å². The second-order valence-corrected chi connectivity index (χ2v) is 6.26. The number of carboxylic acids is 1. The van der Waals surface area contributed by atoms with Crippen molar-refractivity contribution < 1.29 is 14.7 Å². The molecule has 1 aromatic rings. The van der Waals surface area contributed by atoms with Crippen molar-refractivity contribution in [3.8, 4) is 0 Å². The third-order valence-electron chi connectivity index (χ3n) is 3.27. The van der Waals surface area contributed by atoms with Gasteiger partial charge in [-0.1, -0.05) is 19.1 Å². The van der Waals surface area contributed by atoms with Crippen LogP contribution < -0.4 is 5.32 Å². The summed E-state index contributed by atoms with van der Waals surface area (Å²) in [7, 11) is 0. The zero-order chi connectivity index (χ0) is 15.3. The predicted molar refractivity (Wildman–Crippen MR) is 83.3 cm³/mol. The smallest absolute Gasteiger partial charge is 0.313 e. The van der Waals surface area contributed by atoms with E-state index in [4.69, 9.17) is 5.11 Å². The maximum Gasteiger partial charge on any atom is 0.313 e. The lowest BCUT2D eigenvalue weighted by Crippen LogP contribution is -2.28. The summed E-state index contributed by atoms with van der Waals surface area (Å²) in [6.45, 7) is 5.20. The first kappa shape index (κ1) is 16.6. The second kappa shape index (κ2) is 6.79. The van der Waals surface area contributed by atoms with Crippen molar-refractivity contribution in [3.05, 3.63) is 29.8 Å². The zero-order valence-corrected chi connectivity index (χ0v) is 13.1. The van der Waals surface area contributed by atoms with Gasteiger partial charge in [-0.15, -0.1) is 0 Å². The van der Waals surface area contributed by atoms with Crippen molar-refractivity contribution in [3.63, 3.8) is 0 Å². The highest BCUT2D eigenvalue weighted by atomic mass is 32.2.